The van der Waals surface area contributed by atoms with Crippen LogP contribution in [0.3, 0.4) is 0 Å². The number of rotatable bonds is 6. The van der Waals surface area contributed by atoms with Gasteiger partial charge in [-0.3, -0.25) is 9.69 Å². The number of benzene rings is 1. The van der Waals surface area contributed by atoms with E-state index in [2.05, 4.69) is 11.1 Å². The molecule has 0 spiro atoms. The fourth-order valence-corrected chi connectivity index (χ4v) is 6.28. The summed E-state index contributed by atoms with van der Waals surface area (Å²) in [6, 6.07) is 10.5. The number of piperidine rings is 1. The average molecular weight is 590 g/mol. The van der Waals surface area contributed by atoms with Crippen molar-refractivity contribution in [1.82, 2.24) is 19.7 Å². The van der Waals surface area contributed by atoms with Crippen LogP contribution in [0.2, 0.25) is 0 Å². The average Bonchev–Trinajstić information content (AvgIpc) is 3.49. The number of likely N-dealkylation sites (tertiary alicyclic amines) is 2. The molecule has 1 aromatic carbocycles. The highest BCUT2D eigenvalue weighted by atomic mass is 16.6. The molecule has 11 heteroatoms. The van der Waals surface area contributed by atoms with Gasteiger partial charge in [0.2, 0.25) is 11.8 Å². The zero-order chi connectivity index (χ0) is 30.7. The van der Waals surface area contributed by atoms with Gasteiger partial charge in [0, 0.05) is 43.9 Å². The molecule has 1 N–H and O–H groups in total. The van der Waals surface area contributed by atoms with E-state index in [1.165, 1.54) is 9.80 Å². The number of fused-ring (bicyclic) bond motifs is 1. The van der Waals surface area contributed by atoms with Crippen LogP contribution in [0.15, 0.2) is 36.5 Å². The van der Waals surface area contributed by atoms with Gasteiger partial charge >= 0.3 is 12.2 Å². The molecule has 3 amide bonds. The monoisotopic (exact) mass is 589 g/mol. The van der Waals surface area contributed by atoms with Gasteiger partial charge in [-0.05, 0) is 81.2 Å². The normalized spacial score (nSPS) is 21.2. The molecule has 1 aromatic heterocycles. The Morgan fingerprint density at radius 3 is 2.40 bits per heavy atom. The van der Waals surface area contributed by atoms with E-state index in [0.717, 1.165) is 41.5 Å². The number of amides is 3. The van der Waals surface area contributed by atoms with Gasteiger partial charge < -0.3 is 24.4 Å². The lowest BCUT2D eigenvalue weighted by molar-refractivity contribution is -0.136. The first kappa shape index (κ1) is 30.1. The van der Waals surface area contributed by atoms with Crippen LogP contribution in [0.1, 0.15) is 57.6 Å². The minimum atomic E-state index is -1.15. The maximum absolute atomic E-state index is 13.3. The molecule has 5 rings (SSSR count). The van der Waals surface area contributed by atoms with Gasteiger partial charge in [0.25, 0.3) is 0 Å². The highest BCUT2D eigenvalue weighted by Gasteiger charge is 2.40. The van der Waals surface area contributed by atoms with Crippen molar-refractivity contribution >= 4 is 18.1 Å². The molecule has 11 nitrogen and oxygen atoms in total. The SMILES string of the molecule is CC(C)OC(=O)N1CCC([C@H](C)Oc2ccc(-c3ccc4c(c3)CN(C(=O)O)[C@H](C(=O)N3CCC[C@H]3C#N)C4)cn2)CC1. The van der Waals surface area contributed by atoms with Crippen LogP contribution in [-0.4, -0.2) is 86.8 Å². The Labute approximate surface area is 252 Å². The second kappa shape index (κ2) is 12.9. The largest absolute Gasteiger partial charge is 0.474 e. The van der Waals surface area contributed by atoms with Crippen LogP contribution >= 0.6 is 0 Å². The number of carbonyl (C=O) groups is 3. The summed E-state index contributed by atoms with van der Waals surface area (Å²) in [5.41, 5.74) is 3.54. The predicted octanol–water partition coefficient (Wildman–Crippen LogP) is 4.69. The molecule has 0 radical (unpaired) electrons. The van der Waals surface area contributed by atoms with Gasteiger partial charge in [0.15, 0.2) is 0 Å². The molecule has 0 unspecified atom stereocenters. The first-order valence-corrected chi connectivity index (χ1v) is 15.0. The van der Waals surface area contributed by atoms with E-state index in [1.807, 2.05) is 51.1 Å². The van der Waals surface area contributed by atoms with Crippen molar-refractivity contribution in [3.63, 3.8) is 0 Å². The number of hydrogen-bond donors (Lipinski definition) is 1. The Hall–Kier alpha value is -4.33. The highest BCUT2D eigenvalue weighted by Crippen LogP contribution is 2.31. The zero-order valence-electron chi connectivity index (χ0n) is 24.9. The van der Waals surface area contributed by atoms with E-state index < -0.39 is 18.2 Å². The van der Waals surface area contributed by atoms with Crippen molar-refractivity contribution in [3.8, 4) is 23.1 Å². The van der Waals surface area contributed by atoms with Gasteiger partial charge in [0.05, 0.1) is 18.7 Å². The van der Waals surface area contributed by atoms with Crippen molar-refractivity contribution in [1.29, 1.82) is 5.26 Å². The van der Waals surface area contributed by atoms with Crippen molar-refractivity contribution in [2.24, 2.45) is 5.92 Å². The Morgan fingerprint density at radius 2 is 1.74 bits per heavy atom. The number of ether oxygens (including phenoxy) is 2. The fourth-order valence-electron chi connectivity index (χ4n) is 6.28. The van der Waals surface area contributed by atoms with E-state index in [0.29, 0.717) is 37.9 Å². The lowest BCUT2D eigenvalue weighted by atomic mass is 9.90. The third-order valence-electron chi connectivity index (χ3n) is 8.73. The number of carbonyl (C=O) groups excluding carboxylic acids is 2. The number of nitriles is 1. The van der Waals surface area contributed by atoms with Gasteiger partial charge in [0.1, 0.15) is 18.2 Å². The molecule has 43 heavy (non-hydrogen) atoms. The summed E-state index contributed by atoms with van der Waals surface area (Å²) in [5.74, 6) is 0.524. The molecule has 3 aliphatic rings. The molecule has 0 aliphatic carbocycles. The summed E-state index contributed by atoms with van der Waals surface area (Å²) in [7, 11) is 0. The number of aromatic nitrogens is 1. The second-order valence-corrected chi connectivity index (χ2v) is 11.9. The van der Waals surface area contributed by atoms with E-state index >= 15 is 0 Å². The third-order valence-corrected chi connectivity index (χ3v) is 8.73. The van der Waals surface area contributed by atoms with Crippen LogP contribution < -0.4 is 4.74 Å². The molecule has 0 bridgehead atoms. The van der Waals surface area contributed by atoms with E-state index in [-0.39, 0.29) is 37.2 Å². The van der Waals surface area contributed by atoms with Crippen molar-refractivity contribution in [3.05, 3.63) is 47.7 Å². The first-order valence-electron chi connectivity index (χ1n) is 15.0. The summed E-state index contributed by atoms with van der Waals surface area (Å²) in [4.78, 5) is 46.6. The number of hydrogen-bond acceptors (Lipinski definition) is 7. The fraction of sp³-hybridized carbons (Fsp3) is 0.531. The van der Waals surface area contributed by atoms with Crippen molar-refractivity contribution in [2.45, 2.75) is 83.7 Å². The lowest BCUT2D eigenvalue weighted by Crippen LogP contribution is -2.54. The van der Waals surface area contributed by atoms with Crippen LogP contribution in [0, 0.1) is 17.2 Å². The minimum absolute atomic E-state index is 0.0629. The summed E-state index contributed by atoms with van der Waals surface area (Å²) in [6.45, 7) is 7.58. The predicted molar refractivity (Wildman–Crippen MR) is 157 cm³/mol. The topological polar surface area (TPSA) is 136 Å². The Bertz CT molecular complexity index is 1380. The summed E-state index contributed by atoms with van der Waals surface area (Å²) in [6.07, 6.45) is 3.43. The van der Waals surface area contributed by atoms with Crippen molar-refractivity contribution < 1.29 is 29.0 Å². The highest BCUT2D eigenvalue weighted by molar-refractivity contribution is 5.87. The van der Waals surface area contributed by atoms with Crippen molar-refractivity contribution in [2.75, 3.05) is 19.6 Å². The minimum Gasteiger partial charge on any atom is -0.474 e. The van der Waals surface area contributed by atoms with Crippen LogP contribution in [0.4, 0.5) is 9.59 Å². The van der Waals surface area contributed by atoms with E-state index in [4.69, 9.17) is 9.47 Å². The van der Waals surface area contributed by atoms with Crippen LogP contribution in [0.5, 0.6) is 5.88 Å². The van der Waals surface area contributed by atoms with Crippen LogP contribution in [0.25, 0.3) is 11.1 Å². The Kier molecular flexibility index (Phi) is 9.04. The number of carboxylic acid groups (broad SMARTS) is 1. The van der Waals surface area contributed by atoms with Crippen LogP contribution in [-0.2, 0) is 22.5 Å². The molecule has 2 saturated heterocycles. The molecule has 3 atom stereocenters. The zero-order valence-corrected chi connectivity index (χ0v) is 24.9. The second-order valence-electron chi connectivity index (χ2n) is 11.9. The summed E-state index contributed by atoms with van der Waals surface area (Å²) in [5, 5.41) is 19.4. The molecule has 228 valence electrons. The van der Waals surface area contributed by atoms with Gasteiger partial charge in [-0.25, -0.2) is 14.6 Å². The molecule has 3 aliphatic heterocycles. The maximum Gasteiger partial charge on any atom is 0.410 e. The number of nitrogens with zero attached hydrogens (tertiary/aromatic N) is 5. The van der Waals surface area contributed by atoms with Gasteiger partial charge in [-0.15, -0.1) is 0 Å². The first-order chi connectivity index (χ1) is 20.6. The molecular formula is C32H39N5O6. The Balaban J connectivity index is 1.21. The van der Waals surface area contributed by atoms with E-state index in [9.17, 15) is 24.8 Å². The molecule has 2 fully saturated rings. The molecule has 0 saturated carbocycles. The lowest BCUT2D eigenvalue weighted by Gasteiger charge is -2.36. The molecule has 4 heterocycles. The number of pyridine rings is 1. The molecule has 2 aromatic rings. The quantitative estimate of drug-likeness (QED) is 0.513. The standard InChI is InChI=1S/C32H39N5O6/c1-20(2)42-32(41)35-13-10-22(11-14-35)21(3)43-29-9-8-25(18-34-29)23-6-7-24-16-28(37(31(39)40)19-26(24)15-23)30(38)36-12-4-5-27(36)17-33/h6-9,15,18,20-22,27-28H,4-5,10-14,16,19H2,1-3H3,(H,39,40)/t21-,27-,28-/m0/s1. The summed E-state index contributed by atoms with van der Waals surface area (Å²) >= 11 is 0. The Morgan fingerprint density at radius 1 is 1.00 bits per heavy atom. The van der Waals surface area contributed by atoms with E-state index in [1.54, 1.807) is 11.1 Å². The summed E-state index contributed by atoms with van der Waals surface area (Å²) < 4.78 is 11.5. The maximum atomic E-state index is 13.3. The molecular weight excluding hydrogens is 550 g/mol. The third kappa shape index (κ3) is 6.69. The van der Waals surface area contributed by atoms with Gasteiger partial charge in [-0.2, -0.15) is 5.26 Å². The van der Waals surface area contributed by atoms with Gasteiger partial charge in [-0.1, -0.05) is 12.1 Å². The smallest absolute Gasteiger partial charge is 0.410 e.